The molecule has 0 fully saturated rings. The van der Waals surface area contributed by atoms with Crippen molar-refractivity contribution < 1.29 is 21.6 Å². The second-order valence-corrected chi connectivity index (χ2v) is 10.9. The number of carbonyl (C=O) groups is 1. The van der Waals surface area contributed by atoms with E-state index in [-0.39, 0.29) is 22.1 Å². The standard InChI is InChI=1S/C22H23NO5S2/c1-3-4-15-23(29(25,26)21-12-9-18(10-13-21)17(2)24)30(27,28)22-14-11-19-7-5-6-8-20(19)16-22/h5-14,16H,3-4,15H2,1-2H3. The normalized spacial score (nSPS) is 12.4. The van der Waals surface area contributed by atoms with Crippen LogP contribution < -0.4 is 0 Å². The Morgan fingerprint density at radius 2 is 1.37 bits per heavy atom. The van der Waals surface area contributed by atoms with Crippen LogP contribution in [0.4, 0.5) is 0 Å². The molecule has 0 N–H and O–H groups in total. The van der Waals surface area contributed by atoms with Crippen LogP contribution in [0.25, 0.3) is 10.8 Å². The molecule has 3 aromatic carbocycles. The van der Waals surface area contributed by atoms with E-state index in [4.69, 9.17) is 0 Å². The lowest BCUT2D eigenvalue weighted by Gasteiger charge is -2.22. The molecule has 0 radical (unpaired) electrons. The van der Waals surface area contributed by atoms with E-state index < -0.39 is 20.0 Å². The van der Waals surface area contributed by atoms with E-state index in [0.29, 0.717) is 27.5 Å². The Morgan fingerprint density at radius 3 is 1.97 bits per heavy atom. The monoisotopic (exact) mass is 445 g/mol. The number of benzene rings is 3. The largest absolute Gasteiger partial charge is 0.295 e. The molecule has 30 heavy (non-hydrogen) atoms. The molecule has 0 saturated heterocycles. The number of Topliss-reactive ketones (excluding diaryl/α,β-unsaturated/α-hetero) is 1. The Kier molecular flexibility index (Phi) is 6.40. The SMILES string of the molecule is CCCCN(S(=O)(=O)c1ccc(C(C)=O)cc1)S(=O)(=O)c1ccc2ccccc2c1. The summed E-state index contributed by atoms with van der Waals surface area (Å²) in [7, 11) is -8.66. The summed E-state index contributed by atoms with van der Waals surface area (Å²) in [6, 6.07) is 17.1. The van der Waals surface area contributed by atoms with Crippen LogP contribution in [-0.4, -0.2) is 32.9 Å². The summed E-state index contributed by atoms with van der Waals surface area (Å²) < 4.78 is 53.8. The lowest BCUT2D eigenvalue weighted by Crippen LogP contribution is -2.37. The summed E-state index contributed by atoms with van der Waals surface area (Å²) >= 11 is 0. The maximum Gasteiger partial charge on any atom is 0.256 e. The molecule has 0 heterocycles. The molecule has 0 unspecified atom stereocenters. The molecule has 3 aromatic rings. The number of ketones is 1. The summed E-state index contributed by atoms with van der Waals surface area (Å²) in [4.78, 5) is 11.2. The summed E-state index contributed by atoms with van der Waals surface area (Å²) in [5.74, 6) is -0.203. The second kappa shape index (κ2) is 8.67. The molecule has 158 valence electrons. The van der Waals surface area contributed by atoms with Crippen LogP contribution in [0.5, 0.6) is 0 Å². The van der Waals surface area contributed by atoms with Gasteiger partial charge in [0.05, 0.1) is 9.79 Å². The number of nitrogens with zero attached hydrogens (tertiary/aromatic N) is 1. The number of unbranched alkanes of at least 4 members (excludes halogenated alkanes) is 1. The Balaban J connectivity index is 2.10. The number of sulfonamides is 2. The molecule has 0 aliphatic heterocycles. The fourth-order valence-electron chi connectivity index (χ4n) is 3.08. The van der Waals surface area contributed by atoms with Crippen molar-refractivity contribution in [3.63, 3.8) is 0 Å². The first kappa shape index (κ1) is 22.1. The fraction of sp³-hybridized carbons (Fsp3) is 0.227. The van der Waals surface area contributed by atoms with Crippen LogP contribution in [0.15, 0.2) is 76.5 Å². The van der Waals surface area contributed by atoms with E-state index >= 15 is 0 Å². The highest BCUT2D eigenvalue weighted by molar-refractivity contribution is 8.04. The molecule has 3 rings (SSSR count). The van der Waals surface area contributed by atoms with Gasteiger partial charge in [-0.1, -0.05) is 59.5 Å². The smallest absolute Gasteiger partial charge is 0.256 e. The first-order valence-corrected chi connectivity index (χ1v) is 12.4. The van der Waals surface area contributed by atoms with Gasteiger partial charge in [0.1, 0.15) is 0 Å². The van der Waals surface area contributed by atoms with Crippen LogP contribution in [0.1, 0.15) is 37.0 Å². The summed E-state index contributed by atoms with van der Waals surface area (Å²) in [6.45, 7) is 3.07. The zero-order chi connectivity index (χ0) is 21.9. The van der Waals surface area contributed by atoms with Crippen molar-refractivity contribution in [3.05, 3.63) is 72.3 Å². The number of fused-ring (bicyclic) bond motifs is 1. The molecule has 0 aliphatic carbocycles. The Bertz CT molecular complexity index is 1280. The van der Waals surface area contributed by atoms with Gasteiger partial charge in [-0.05, 0) is 48.4 Å². The van der Waals surface area contributed by atoms with Gasteiger partial charge in [-0.25, -0.2) is 16.8 Å². The number of rotatable bonds is 8. The third-order valence-corrected chi connectivity index (χ3v) is 9.14. The van der Waals surface area contributed by atoms with E-state index in [2.05, 4.69) is 0 Å². The van der Waals surface area contributed by atoms with Crippen LogP contribution in [-0.2, 0) is 20.0 Å². The van der Waals surface area contributed by atoms with Crippen molar-refractivity contribution in [2.45, 2.75) is 36.5 Å². The second-order valence-electron chi connectivity index (χ2n) is 6.95. The topological polar surface area (TPSA) is 88.6 Å². The minimum atomic E-state index is -4.34. The molecular weight excluding hydrogens is 422 g/mol. The van der Waals surface area contributed by atoms with Crippen molar-refractivity contribution in [2.24, 2.45) is 0 Å². The predicted octanol–water partition coefficient (Wildman–Crippen LogP) is 4.22. The van der Waals surface area contributed by atoms with E-state index in [1.807, 2.05) is 19.1 Å². The highest BCUT2D eigenvalue weighted by Gasteiger charge is 2.36. The maximum atomic E-state index is 13.4. The third kappa shape index (κ3) is 4.30. The first-order valence-electron chi connectivity index (χ1n) is 9.55. The van der Waals surface area contributed by atoms with Gasteiger partial charge in [0, 0.05) is 12.1 Å². The quantitative estimate of drug-likeness (QED) is 0.484. The third-order valence-electron chi connectivity index (χ3n) is 4.81. The zero-order valence-corrected chi connectivity index (χ0v) is 18.4. The van der Waals surface area contributed by atoms with Gasteiger partial charge in [-0.2, -0.15) is 0 Å². The van der Waals surface area contributed by atoms with Crippen molar-refractivity contribution in [3.8, 4) is 0 Å². The van der Waals surface area contributed by atoms with Crippen LogP contribution in [0.2, 0.25) is 0 Å². The highest BCUT2D eigenvalue weighted by Crippen LogP contribution is 2.27. The molecule has 0 amide bonds. The Labute approximate surface area is 177 Å². The maximum absolute atomic E-state index is 13.4. The predicted molar refractivity (Wildman–Crippen MR) is 116 cm³/mol. The molecule has 8 heteroatoms. The van der Waals surface area contributed by atoms with Crippen molar-refractivity contribution in [2.75, 3.05) is 6.54 Å². The average molecular weight is 446 g/mol. The molecule has 6 nitrogen and oxygen atoms in total. The minimum Gasteiger partial charge on any atom is -0.295 e. The molecule has 0 spiro atoms. The first-order chi connectivity index (χ1) is 14.2. The van der Waals surface area contributed by atoms with Crippen LogP contribution >= 0.6 is 0 Å². The van der Waals surface area contributed by atoms with E-state index in [1.54, 1.807) is 18.2 Å². The summed E-state index contributed by atoms with van der Waals surface area (Å²) in [5.41, 5.74) is 0.353. The molecule has 0 bridgehead atoms. The van der Waals surface area contributed by atoms with Gasteiger partial charge >= 0.3 is 0 Å². The van der Waals surface area contributed by atoms with Gasteiger partial charge in [0.2, 0.25) is 0 Å². The van der Waals surface area contributed by atoms with Crippen molar-refractivity contribution >= 4 is 36.6 Å². The molecule has 0 aliphatic rings. The van der Waals surface area contributed by atoms with Gasteiger partial charge in [0.15, 0.2) is 5.78 Å². The van der Waals surface area contributed by atoms with Crippen molar-refractivity contribution in [1.82, 2.24) is 3.71 Å². The molecule has 0 saturated carbocycles. The van der Waals surface area contributed by atoms with E-state index in [1.165, 1.54) is 43.3 Å². The van der Waals surface area contributed by atoms with Crippen LogP contribution in [0.3, 0.4) is 0 Å². The Hall–Kier alpha value is -2.55. The van der Waals surface area contributed by atoms with Gasteiger partial charge in [-0.3, -0.25) is 4.79 Å². The van der Waals surface area contributed by atoms with E-state index in [0.717, 1.165) is 5.39 Å². The molecule has 0 aromatic heterocycles. The highest BCUT2D eigenvalue weighted by atomic mass is 32.3. The van der Waals surface area contributed by atoms with Crippen molar-refractivity contribution in [1.29, 1.82) is 0 Å². The zero-order valence-electron chi connectivity index (χ0n) is 16.8. The van der Waals surface area contributed by atoms with Gasteiger partial charge in [0.25, 0.3) is 20.0 Å². The van der Waals surface area contributed by atoms with Gasteiger partial charge in [-0.15, -0.1) is 0 Å². The average Bonchev–Trinajstić information content (AvgIpc) is 2.73. The molecular formula is C22H23NO5S2. The lowest BCUT2D eigenvalue weighted by molar-refractivity contribution is 0.101. The van der Waals surface area contributed by atoms with Gasteiger partial charge < -0.3 is 0 Å². The van der Waals surface area contributed by atoms with Crippen LogP contribution in [0, 0.1) is 0 Å². The number of hydrogen-bond acceptors (Lipinski definition) is 5. The molecule has 0 atom stereocenters. The Morgan fingerprint density at radius 1 is 0.800 bits per heavy atom. The summed E-state index contributed by atoms with van der Waals surface area (Å²) in [6.07, 6.45) is 1.01. The fourth-order valence-corrected chi connectivity index (χ4v) is 6.84. The minimum absolute atomic E-state index is 0.0822. The number of carbonyl (C=O) groups excluding carboxylic acids is 1. The lowest BCUT2D eigenvalue weighted by atomic mass is 10.1. The number of hydrogen-bond donors (Lipinski definition) is 0. The summed E-state index contributed by atoms with van der Waals surface area (Å²) in [5, 5.41) is 1.57. The van der Waals surface area contributed by atoms with E-state index in [9.17, 15) is 21.6 Å².